The van der Waals surface area contributed by atoms with E-state index in [9.17, 15) is 10.1 Å². The van der Waals surface area contributed by atoms with Crippen molar-refractivity contribution >= 4 is 31.0 Å². The molecule has 0 aliphatic carbocycles. The molecule has 2 aromatic rings. The zero-order valence-corrected chi connectivity index (χ0v) is 14.2. The summed E-state index contributed by atoms with van der Waals surface area (Å²) in [6.45, 7) is 6.38. The molecule has 6 nitrogen and oxygen atoms in total. The topological polar surface area (TPSA) is 75.4 Å². The van der Waals surface area contributed by atoms with Gasteiger partial charge in [0.25, 0.3) is 0 Å². The number of methoxy groups -OCH3 is 1. The standard InChI is InChI=1S/C18H18BN3O3/c1-19-16-6-5-15(10-14(16)12-23)25-17-7-4-13(11-20)18(21-17)22(2)8-9-24-3/h4-7,10,12H,1,8-9H2,2-3H3. The number of rotatable bonds is 8. The van der Waals surface area contributed by atoms with Crippen LogP contribution in [0.1, 0.15) is 15.9 Å². The van der Waals surface area contributed by atoms with Gasteiger partial charge in [0.2, 0.25) is 0 Å². The van der Waals surface area contributed by atoms with E-state index in [-0.39, 0.29) is 0 Å². The van der Waals surface area contributed by atoms with E-state index < -0.39 is 0 Å². The SMILES string of the molecule is C=Bc1ccc(Oc2ccc(C#N)c(N(C)CCOC)n2)cc1C=O. The Morgan fingerprint density at radius 1 is 1.40 bits per heavy atom. The van der Waals surface area contributed by atoms with Crippen LogP contribution in [0, 0.1) is 11.3 Å². The van der Waals surface area contributed by atoms with E-state index in [0.717, 1.165) is 11.7 Å². The van der Waals surface area contributed by atoms with Gasteiger partial charge in [-0.25, -0.2) is 0 Å². The number of pyridine rings is 1. The summed E-state index contributed by atoms with van der Waals surface area (Å²) in [6, 6.07) is 10.5. The molecule has 1 aromatic carbocycles. The van der Waals surface area contributed by atoms with Crippen molar-refractivity contribution in [3.8, 4) is 17.7 Å². The molecule has 126 valence electrons. The molecule has 0 saturated heterocycles. The molecular formula is C18H18BN3O3. The minimum absolute atomic E-state index is 0.335. The van der Waals surface area contributed by atoms with Crippen LogP contribution in [0.5, 0.6) is 11.6 Å². The molecule has 0 N–H and O–H groups in total. The first-order valence-corrected chi connectivity index (χ1v) is 7.63. The van der Waals surface area contributed by atoms with Crippen LogP contribution in [-0.4, -0.2) is 52.0 Å². The number of benzene rings is 1. The molecule has 0 spiro atoms. The van der Waals surface area contributed by atoms with Gasteiger partial charge in [-0.15, -0.1) is 0 Å². The molecule has 0 bridgehead atoms. The molecule has 0 atom stereocenters. The summed E-state index contributed by atoms with van der Waals surface area (Å²) < 4.78 is 10.8. The number of carbonyl (C=O) groups excluding carboxylic acids is 1. The van der Waals surface area contributed by atoms with Crippen LogP contribution in [0.2, 0.25) is 0 Å². The van der Waals surface area contributed by atoms with Crippen molar-refractivity contribution in [2.45, 2.75) is 0 Å². The van der Waals surface area contributed by atoms with E-state index in [1.165, 1.54) is 0 Å². The Hall–Kier alpha value is -2.98. The van der Waals surface area contributed by atoms with Crippen molar-refractivity contribution in [1.82, 2.24) is 4.98 Å². The number of carbonyl (C=O) groups is 1. The fourth-order valence-corrected chi connectivity index (χ4v) is 2.23. The Bertz CT molecular complexity index is 818. The first-order chi connectivity index (χ1) is 12.1. The number of aldehydes is 1. The molecule has 0 amide bonds. The van der Waals surface area contributed by atoms with Gasteiger partial charge in [0.1, 0.15) is 0 Å². The normalized spacial score (nSPS) is 9.80. The van der Waals surface area contributed by atoms with E-state index in [0.29, 0.717) is 41.7 Å². The Morgan fingerprint density at radius 2 is 2.20 bits per heavy atom. The molecule has 0 aliphatic heterocycles. The molecular weight excluding hydrogens is 317 g/mol. The van der Waals surface area contributed by atoms with Gasteiger partial charge in [-0.05, 0) is 0 Å². The molecule has 0 unspecified atom stereocenters. The van der Waals surface area contributed by atoms with E-state index >= 15 is 0 Å². The number of hydrogen-bond donors (Lipinski definition) is 0. The Balaban J connectivity index is 2.30. The third-order valence-corrected chi connectivity index (χ3v) is 3.59. The van der Waals surface area contributed by atoms with Crippen molar-refractivity contribution in [2.75, 3.05) is 32.2 Å². The van der Waals surface area contributed by atoms with Crippen LogP contribution < -0.4 is 15.1 Å². The molecule has 0 radical (unpaired) electrons. The molecule has 25 heavy (non-hydrogen) atoms. The predicted molar refractivity (Wildman–Crippen MR) is 98.5 cm³/mol. The fraction of sp³-hybridized carbons (Fsp3) is 0.222. The van der Waals surface area contributed by atoms with E-state index in [2.05, 4.69) is 17.5 Å². The molecule has 0 fully saturated rings. The zero-order valence-electron chi connectivity index (χ0n) is 14.2. The van der Waals surface area contributed by atoms with Gasteiger partial charge in [0, 0.05) is 7.11 Å². The van der Waals surface area contributed by atoms with E-state index in [1.54, 1.807) is 44.4 Å². The number of ether oxygens (including phenoxy) is 2. The number of likely N-dealkylation sites (N-methyl/N-ethyl adjacent to an activating group) is 1. The first kappa shape index (κ1) is 18.4. The van der Waals surface area contributed by atoms with Crippen molar-refractivity contribution in [2.24, 2.45) is 0 Å². The zero-order chi connectivity index (χ0) is 18.2. The fourth-order valence-electron chi connectivity index (χ4n) is 2.23. The summed E-state index contributed by atoms with van der Waals surface area (Å²) in [5, 5.41) is 9.26. The molecule has 1 aromatic heterocycles. The van der Waals surface area contributed by atoms with Gasteiger partial charge in [0.05, 0.1) is 0 Å². The number of hydrogen-bond acceptors (Lipinski definition) is 6. The summed E-state index contributed by atoms with van der Waals surface area (Å²) in [5.74, 6) is 1.33. The monoisotopic (exact) mass is 335 g/mol. The third kappa shape index (κ3) is 4.52. The van der Waals surface area contributed by atoms with Crippen LogP contribution in [0.3, 0.4) is 0 Å². The van der Waals surface area contributed by atoms with Crippen molar-refractivity contribution in [1.29, 1.82) is 5.26 Å². The number of nitrogens with zero attached hydrogens (tertiary/aromatic N) is 3. The van der Waals surface area contributed by atoms with E-state index in [4.69, 9.17) is 9.47 Å². The quantitative estimate of drug-likeness (QED) is 0.536. The van der Waals surface area contributed by atoms with Gasteiger partial charge < -0.3 is 0 Å². The second kappa shape index (κ2) is 8.76. The van der Waals surface area contributed by atoms with Gasteiger partial charge in [0.15, 0.2) is 0 Å². The number of aromatic nitrogens is 1. The van der Waals surface area contributed by atoms with Crippen molar-refractivity contribution < 1.29 is 14.3 Å². The summed E-state index contributed by atoms with van der Waals surface area (Å²) in [6.07, 6.45) is 0.750. The van der Waals surface area contributed by atoms with Gasteiger partial charge in [-0.1, -0.05) is 0 Å². The summed E-state index contributed by atoms with van der Waals surface area (Å²) in [4.78, 5) is 17.4. The third-order valence-electron chi connectivity index (χ3n) is 3.59. The Kier molecular flexibility index (Phi) is 6.43. The van der Waals surface area contributed by atoms with Crippen LogP contribution in [0.4, 0.5) is 5.82 Å². The van der Waals surface area contributed by atoms with Gasteiger partial charge in [-0.3, -0.25) is 0 Å². The molecule has 1 heterocycles. The maximum atomic E-state index is 11.1. The number of nitriles is 1. The minimum atomic E-state index is 0.335. The average molecular weight is 335 g/mol. The molecule has 0 aliphatic rings. The Morgan fingerprint density at radius 3 is 2.84 bits per heavy atom. The first-order valence-electron chi connectivity index (χ1n) is 7.63. The summed E-state index contributed by atoms with van der Waals surface area (Å²) in [5.41, 5.74) is 1.66. The van der Waals surface area contributed by atoms with Crippen LogP contribution in [-0.2, 0) is 4.74 Å². The predicted octanol–water partition coefficient (Wildman–Crippen LogP) is 1.40. The van der Waals surface area contributed by atoms with Gasteiger partial charge in [-0.2, -0.15) is 0 Å². The molecule has 7 heteroatoms. The average Bonchev–Trinajstić information content (AvgIpc) is 2.65. The maximum absolute atomic E-state index is 11.1. The number of anilines is 1. The molecule has 2 rings (SSSR count). The van der Waals surface area contributed by atoms with Crippen LogP contribution in [0.25, 0.3) is 0 Å². The van der Waals surface area contributed by atoms with Gasteiger partial charge >= 0.3 is 140 Å². The van der Waals surface area contributed by atoms with Crippen LogP contribution >= 0.6 is 0 Å². The molecule has 0 saturated carbocycles. The Labute approximate surface area is 147 Å². The summed E-state index contributed by atoms with van der Waals surface area (Å²) >= 11 is 0. The second-order valence-electron chi connectivity index (χ2n) is 5.26. The second-order valence-corrected chi connectivity index (χ2v) is 5.26. The van der Waals surface area contributed by atoms with Crippen molar-refractivity contribution in [3.05, 3.63) is 41.5 Å². The van der Waals surface area contributed by atoms with Crippen LogP contribution in [0.15, 0.2) is 30.3 Å². The summed E-state index contributed by atoms with van der Waals surface area (Å²) in [7, 11) is 3.44. The van der Waals surface area contributed by atoms with E-state index in [1.807, 2.05) is 11.9 Å². The van der Waals surface area contributed by atoms with Crippen molar-refractivity contribution in [3.63, 3.8) is 0 Å².